The average Bonchev–Trinajstić information content (AvgIpc) is 3.80. The Morgan fingerprint density at radius 1 is 0.286 bits per heavy atom. The molecular formula is C60H66B3NO6. The van der Waals surface area contributed by atoms with E-state index in [-0.39, 0.29) is 0 Å². The van der Waals surface area contributed by atoms with Crippen LogP contribution in [-0.2, 0) is 27.9 Å². The van der Waals surface area contributed by atoms with Crippen molar-refractivity contribution in [3.63, 3.8) is 0 Å². The molecule has 0 aliphatic carbocycles. The van der Waals surface area contributed by atoms with Crippen LogP contribution in [-0.4, -0.2) is 55.0 Å². The molecule has 6 aromatic rings. The van der Waals surface area contributed by atoms with E-state index in [0.717, 1.165) is 66.8 Å². The Hall–Kier alpha value is -5.71. The summed E-state index contributed by atoms with van der Waals surface area (Å²) in [6.45, 7) is 25.0. The summed E-state index contributed by atoms with van der Waals surface area (Å²) < 4.78 is 38.0. The zero-order valence-electron chi connectivity index (χ0n) is 42.9. The summed E-state index contributed by atoms with van der Waals surface area (Å²) in [6.07, 6.45) is 12.9. The first-order valence-electron chi connectivity index (χ1n) is 24.6. The molecular weight excluding hydrogens is 863 g/mol. The summed E-state index contributed by atoms with van der Waals surface area (Å²) in [5, 5.41) is 0. The van der Waals surface area contributed by atoms with Gasteiger partial charge in [0.05, 0.1) is 33.6 Å². The number of benzene rings is 6. The maximum absolute atomic E-state index is 6.34. The lowest BCUT2D eigenvalue weighted by Crippen LogP contribution is -2.41. The smallest absolute Gasteiger partial charge is 0.399 e. The second kappa shape index (κ2) is 18.8. The van der Waals surface area contributed by atoms with Gasteiger partial charge in [0.15, 0.2) is 0 Å². The molecule has 356 valence electrons. The number of nitrogens with zero attached hydrogens (tertiary/aromatic N) is 1. The van der Waals surface area contributed by atoms with Crippen LogP contribution in [0.2, 0.25) is 0 Å². The highest BCUT2D eigenvalue weighted by molar-refractivity contribution is 6.63. The number of hydrogen-bond donors (Lipinski definition) is 0. The molecule has 7 nitrogen and oxygen atoms in total. The Kier molecular flexibility index (Phi) is 13.2. The third-order valence-electron chi connectivity index (χ3n) is 15.2. The highest BCUT2D eigenvalue weighted by atomic mass is 16.7. The normalized spacial score (nSPS) is 19.8. The molecule has 9 rings (SSSR count). The van der Waals surface area contributed by atoms with Gasteiger partial charge in [0.1, 0.15) is 0 Å². The average molecular weight is 930 g/mol. The lowest BCUT2D eigenvalue weighted by atomic mass is 9.78. The van der Waals surface area contributed by atoms with Crippen LogP contribution in [0.25, 0.3) is 36.5 Å². The van der Waals surface area contributed by atoms with E-state index in [1.165, 1.54) is 0 Å². The predicted octanol–water partition coefficient (Wildman–Crippen LogP) is 12.6. The lowest BCUT2D eigenvalue weighted by molar-refractivity contribution is 0.00578. The maximum atomic E-state index is 6.34. The summed E-state index contributed by atoms with van der Waals surface area (Å²) in [5.74, 6) is 0. The fourth-order valence-electron chi connectivity index (χ4n) is 8.59. The number of hydrogen-bond acceptors (Lipinski definition) is 7. The van der Waals surface area contributed by atoms with Gasteiger partial charge in [0.25, 0.3) is 0 Å². The van der Waals surface area contributed by atoms with Crippen LogP contribution in [0.15, 0.2) is 146 Å². The molecule has 3 heterocycles. The van der Waals surface area contributed by atoms with Crippen molar-refractivity contribution < 1.29 is 27.9 Å². The van der Waals surface area contributed by atoms with Crippen LogP contribution in [0.3, 0.4) is 0 Å². The minimum absolute atomic E-state index is 0.396. The van der Waals surface area contributed by atoms with Gasteiger partial charge in [-0.25, -0.2) is 0 Å². The molecule has 10 heteroatoms. The van der Waals surface area contributed by atoms with Gasteiger partial charge in [-0.15, -0.1) is 0 Å². The molecule has 70 heavy (non-hydrogen) atoms. The highest BCUT2D eigenvalue weighted by Crippen LogP contribution is 2.40. The molecule has 0 aromatic heterocycles. The van der Waals surface area contributed by atoms with Crippen molar-refractivity contribution in [1.82, 2.24) is 0 Å². The van der Waals surface area contributed by atoms with Gasteiger partial charge in [0.2, 0.25) is 0 Å². The van der Waals surface area contributed by atoms with Crippen LogP contribution < -0.4 is 21.3 Å². The Labute approximate surface area is 418 Å². The zero-order valence-corrected chi connectivity index (χ0v) is 42.9. The summed E-state index contributed by atoms with van der Waals surface area (Å²) in [6, 6.07) is 51.2. The van der Waals surface area contributed by atoms with E-state index in [9.17, 15) is 0 Å². The molecule has 0 saturated carbocycles. The third kappa shape index (κ3) is 10.4. The van der Waals surface area contributed by atoms with Crippen molar-refractivity contribution in [3.05, 3.63) is 179 Å². The number of rotatable bonds is 12. The summed E-state index contributed by atoms with van der Waals surface area (Å²) in [5.41, 5.74) is 10.3. The second-order valence-electron chi connectivity index (χ2n) is 21.9. The van der Waals surface area contributed by atoms with E-state index in [1.807, 2.05) is 0 Å². The van der Waals surface area contributed by atoms with Crippen LogP contribution in [0.5, 0.6) is 0 Å². The monoisotopic (exact) mass is 930 g/mol. The van der Waals surface area contributed by atoms with Crippen molar-refractivity contribution in [2.24, 2.45) is 0 Å². The fourth-order valence-corrected chi connectivity index (χ4v) is 8.59. The van der Waals surface area contributed by atoms with Gasteiger partial charge in [-0.2, -0.15) is 0 Å². The molecule has 0 amide bonds. The van der Waals surface area contributed by atoms with Gasteiger partial charge >= 0.3 is 21.4 Å². The van der Waals surface area contributed by atoms with Crippen LogP contribution in [0, 0.1) is 0 Å². The molecule has 0 bridgehead atoms. The molecule has 0 radical (unpaired) electrons. The quantitative estimate of drug-likeness (QED) is 0.0895. The second-order valence-corrected chi connectivity index (χ2v) is 21.9. The fraction of sp³-hybridized carbons (Fsp3) is 0.300. The molecule has 0 N–H and O–H groups in total. The molecule has 0 unspecified atom stereocenters. The topological polar surface area (TPSA) is 58.6 Å². The van der Waals surface area contributed by atoms with E-state index >= 15 is 0 Å². The standard InChI is InChI=1S/C60H66B3NO6/c1-55(2)56(3,4)66-61(65-55)49-19-13-16-46(40-49)25-22-43-28-34-52(35-29-43)64(53-36-30-44(31-37-53)23-26-47-17-14-20-50(41-47)62-67-57(5,6)58(7,8)68-62)54-38-32-45(33-39-54)24-27-48-18-15-21-51(42-48)63-69-59(9,10)60(11,12)70-63/h13-42H,1-12H3/b25-22+,26-23+,27-24+. The predicted molar refractivity (Wildman–Crippen MR) is 294 cm³/mol. The zero-order chi connectivity index (χ0) is 49.7. The van der Waals surface area contributed by atoms with Crippen molar-refractivity contribution in [1.29, 1.82) is 0 Å². The first-order valence-corrected chi connectivity index (χ1v) is 24.6. The SMILES string of the molecule is CC1(C)OB(c2cccc(/C=C/c3ccc(N(c4ccc(/C=C/c5cccc(B6OC(C)(C)C(C)(C)O6)c5)cc4)c4ccc(/C=C/c5cccc(B6OC(C)(C)C(C)(C)O6)c5)cc4)cc3)c2)OC1(C)C. The number of anilines is 3. The van der Waals surface area contributed by atoms with Gasteiger partial charge in [-0.1, -0.05) is 146 Å². The van der Waals surface area contributed by atoms with Crippen molar-refractivity contribution >= 4 is 91.3 Å². The largest absolute Gasteiger partial charge is 0.494 e. The Balaban J connectivity index is 0.949. The van der Waals surface area contributed by atoms with Crippen molar-refractivity contribution in [3.8, 4) is 0 Å². The molecule has 3 aliphatic heterocycles. The first kappa shape index (κ1) is 49.3. The van der Waals surface area contributed by atoms with Crippen LogP contribution in [0.4, 0.5) is 17.1 Å². The van der Waals surface area contributed by atoms with Gasteiger partial charge in [-0.3, -0.25) is 0 Å². The van der Waals surface area contributed by atoms with Gasteiger partial charge in [-0.05, 0) is 169 Å². The Morgan fingerprint density at radius 2 is 0.500 bits per heavy atom. The van der Waals surface area contributed by atoms with Gasteiger partial charge < -0.3 is 32.8 Å². The molecule has 0 atom stereocenters. The molecule has 3 aliphatic rings. The van der Waals surface area contributed by atoms with Crippen molar-refractivity contribution in [2.75, 3.05) is 4.90 Å². The summed E-state index contributed by atoms with van der Waals surface area (Å²) in [4.78, 5) is 2.30. The van der Waals surface area contributed by atoms with Crippen molar-refractivity contribution in [2.45, 2.75) is 117 Å². The molecule has 0 spiro atoms. The molecule has 3 saturated heterocycles. The van der Waals surface area contributed by atoms with E-state index in [2.05, 4.69) is 270 Å². The van der Waals surface area contributed by atoms with Crippen LogP contribution >= 0.6 is 0 Å². The minimum atomic E-state index is -0.408. The third-order valence-corrected chi connectivity index (χ3v) is 15.2. The minimum Gasteiger partial charge on any atom is -0.399 e. The van der Waals surface area contributed by atoms with E-state index in [0.29, 0.717) is 0 Å². The lowest BCUT2D eigenvalue weighted by Gasteiger charge is -2.32. The first-order chi connectivity index (χ1) is 33.1. The Bertz CT molecular complexity index is 2550. The van der Waals surface area contributed by atoms with E-state index < -0.39 is 55.0 Å². The van der Waals surface area contributed by atoms with E-state index in [1.54, 1.807) is 0 Å². The summed E-state index contributed by atoms with van der Waals surface area (Å²) >= 11 is 0. The molecule has 3 fully saturated rings. The van der Waals surface area contributed by atoms with Gasteiger partial charge in [0, 0.05) is 17.1 Å². The molecule has 6 aromatic carbocycles. The van der Waals surface area contributed by atoms with Crippen LogP contribution in [0.1, 0.15) is 116 Å². The Morgan fingerprint density at radius 3 is 0.729 bits per heavy atom. The highest BCUT2D eigenvalue weighted by Gasteiger charge is 2.53. The maximum Gasteiger partial charge on any atom is 0.494 e. The van der Waals surface area contributed by atoms with E-state index in [4.69, 9.17) is 27.9 Å². The summed E-state index contributed by atoms with van der Waals surface area (Å²) in [7, 11) is -1.22.